The first kappa shape index (κ1) is 14.2. The topological polar surface area (TPSA) is 62.4 Å². The summed E-state index contributed by atoms with van der Waals surface area (Å²) in [5, 5.41) is 3.41. The second-order valence-electron chi connectivity index (χ2n) is 5.50. The molecule has 2 N–H and O–H groups in total. The number of hydrogen-bond acceptors (Lipinski definition) is 5. The lowest BCUT2D eigenvalue weighted by Crippen LogP contribution is -2.28. The maximum absolute atomic E-state index is 5.59. The molecule has 0 atom stereocenters. The first-order chi connectivity index (χ1) is 10.2. The molecule has 0 radical (unpaired) electrons. The third-order valence-electron chi connectivity index (χ3n) is 3.47. The number of nitrogens with one attached hydrogen (secondary N) is 2. The Bertz CT molecular complexity index is 566. The largest absolute Gasteiger partial charge is 0.486 e. The third kappa shape index (κ3) is 3.46. The Morgan fingerprint density at radius 1 is 1.19 bits per heavy atom. The average Bonchev–Trinajstić information content (AvgIpc) is 2.85. The van der Waals surface area contributed by atoms with Crippen LogP contribution in [-0.2, 0) is 6.42 Å². The van der Waals surface area contributed by atoms with Crippen molar-refractivity contribution in [2.45, 2.75) is 6.42 Å². The van der Waals surface area contributed by atoms with Gasteiger partial charge in [0.15, 0.2) is 11.5 Å². The van der Waals surface area contributed by atoms with Crippen LogP contribution in [0, 0.1) is 0 Å². The molecule has 0 aliphatic carbocycles. The maximum atomic E-state index is 5.59. The van der Waals surface area contributed by atoms with Crippen molar-refractivity contribution in [1.29, 1.82) is 0 Å². The van der Waals surface area contributed by atoms with Gasteiger partial charge in [0.2, 0.25) is 0 Å². The molecule has 0 amide bonds. The molecule has 0 saturated carbocycles. The van der Waals surface area contributed by atoms with Gasteiger partial charge in [0, 0.05) is 38.2 Å². The second kappa shape index (κ2) is 6.32. The molecule has 1 aromatic carbocycles. The minimum atomic E-state index is 0.603. The lowest BCUT2D eigenvalue weighted by Gasteiger charge is -2.17. The van der Waals surface area contributed by atoms with Crippen LogP contribution in [0.5, 0.6) is 11.5 Å². The minimum absolute atomic E-state index is 0.603. The summed E-state index contributed by atoms with van der Waals surface area (Å²) in [7, 11) is 4.15. The highest BCUT2D eigenvalue weighted by molar-refractivity contribution is 5.79. The molecule has 1 aliphatic rings. The van der Waals surface area contributed by atoms with Gasteiger partial charge in [0.1, 0.15) is 19.0 Å². The summed E-state index contributed by atoms with van der Waals surface area (Å²) in [5.74, 6) is 2.58. The molecular weight excluding hydrogens is 268 g/mol. The van der Waals surface area contributed by atoms with Crippen molar-refractivity contribution >= 4 is 11.0 Å². The van der Waals surface area contributed by atoms with Crippen molar-refractivity contribution in [3.63, 3.8) is 0 Å². The van der Waals surface area contributed by atoms with Crippen LogP contribution >= 0.6 is 0 Å². The first-order valence-electron chi connectivity index (χ1n) is 7.36. The fourth-order valence-electron chi connectivity index (χ4n) is 2.35. The molecule has 0 saturated heterocycles. The van der Waals surface area contributed by atoms with Crippen LogP contribution in [0.15, 0.2) is 12.1 Å². The number of aromatic amines is 1. The number of likely N-dealkylation sites (N-methyl/N-ethyl adjacent to an activating group) is 1. The summed E-state index contributed by atoms with van der Waals surface area (Å²) in [6, 6.07) is 3.92. The molecule has 21 heavy (non-hydrogen) atoms. The van der Waals surface area contributed by atoms with E-state index in [9.17, 15) is 0 Å². The van der Waals surface area contributed by atoms with Gasteiger partial charge in [-0.2, -0.15) is 0 Å². The minimum Gasteiger partial charge on any atom is -0.486 e. The van der Waals surface area contributed by atoms with Gasteiger partial charge in [-0.15, -0.1) is 0 Å². The zero-order valence-electron chi connectivity index (χ0n) is 12.6. The molecule has 6 nitrogen and oxygen atoms in total. The van der Waals surface area contributed by atoms with Crippen molar-refractivity contribution in [3.8, 4) is 11.5 Å². The molecule has 3 rings (SSSR count). The van der Waals surface area contributed by atoms with E-state index in [1.165, 1.54) is 0 Å². The Balaban J connectivity index is 1.61. The van der Waals surface area contributed by atoms with Gasteiger partial charge in [-0.05, 0) is 14.1 Å². The molecule has 6 heteroatoms. The Morgan fingerprint density at radius 2 is 1.95 bits per heavy atom. The quantitative estimate of drug-likeness (QED) is 0.778. The number of fused-ring (bicyclic) bond motifs is 2. The number of nitrogens with zero attached hydrogens (tertiary/aromatic N) is 2. The van der Waals surface area contributed by atoms with Gasteiger partial charge in [-0.1, -0.05) is 0 Å². The van der Waals surface area contributed by atoms with E-state index in [-0.39, 0.29) is 0 Å². The van der Waals surface area contributed by atoms with Crippen LogP contribution in [0.1, 0.15) is 5.82 Å². The summed E-state index contributed by atoms with van der Waals surface area (Å²) in [6.45, 7) is 4.16. The second-order valence-corrected chi connectivity index (χ2v) is 5.50. The van der Waals surface area contributed by atoms with Crippen LogP contribution in [-0.4, -0.2) is 61.8 Å². The van der Waals surface area contributed by atoms with Gasteiger partial charge in [-0.25, -0.2) is 4.98 Å². The van der Waals surface area contributed by atoms with Crippen molar-refractivity contribution in [2.24, 2.45) is 0 Å². The SMILES string of the molecule is CN(C)CCNCCc1nc2cc3c(cc2[nH]1)OCCO3. The highest BCUT2D eigenvalue weighted by Crippen LogP contribution is 2.33. The normalized spacial score (nSPS) is 14.0. The van der Waals surface area contributed by atoms with Crippen LogP contribution in [0.2, 0.25) is 0 Å². The molecule has 2 aromatic rings. The van der Waals surface area contributed by atoms with E-state index in [1.54, 1.807) is 0 Å². The van der Waals surface area contributed by atoms with Gasteiger partial charge < -0.3 is 24.7 Å². The molecular formula is C15H22N4O2. The van der Waals surface area contributed by atoms with Gasteiger partial charge in [-0.3, -0.25) is 0 Å². The van der Waals surface area contributed by atoms with Crippen molar-refractivity contribution in [2.75, 3.05) is 46.9 Å². The van der Waals surface area contributed by atoms with E-state index in [0.717, 1.165) is 54.4 Å². The van der Waals surface area contributed by atoms with E-state index >= 15 is 0 Å². The smallest absolute Gasteiger partial charge is 0.163 e. The fourth-order valence-corrected chi connectivity index (χ4v) is 2.35. The van der Waals surface area contributed by atoms with E-state index in [2.05, 4.69) is 34.3 Å². The summed E-state index contributed by atoms with van der Waals surface area (Å²) >= 11 is 0. The predicted octanol–water partition coefficient (Wildman–Crippen LogP) is 1.03. The van der Waals surface area contributed by atoms with E-state index < -0.39 is 0 Å². The molecule has 0 spiro atoms. The number of aromatic nitrogens is 2. The number of ether oxygens (including phenoxy) is 2. The van der Waals surface area contributed by atoms with Crippen molar-refractivity contribution in [1.82, 2.24) is 20.2 Å². The van der Waals surface area contributed by atoms with E-state index in [1.807, 2.05) is 12.1 Å². The van der Waals surface area contributed by atoms with Gasteiger partial charge >= 0.3 is 0 Å². The monoisotopic (exact) mass is 290 g/mol. The highest BCUT2D eigenvalue weighted by Gasteiger charge is 2.14. The standard InChI is InChI=1S/C15H22N4O2/c1-19(2)6-5-16-4-3-15-17-11-9-13-14(10-12(11)18-15)21-8-7-20-13/h9-10,16H,3-8H2,1-2H3,(H,17,18). The molecule has 2 heterocycles. The molecule has 114 valence electrons. The predicted molar refractivity (Wildman–Crippen MR) is 82.2 cm³/mol. The number of rotatable bonds is 6. The summed E-state index contributed by atoms with van der Waals surface area (Å²) < 4.78 is 11.2. The van der Waals surface area contributed by atoms with Gasteiger partial charge in [0.25, 0.3) is 0 Å². The average molecular weight is 290 g/mol. The zero-order valence-corrected chi connectivity index (χ0v) is 12.6. The molecule has 0 unspecified atom stereocenters. The third-order valence-corrected chi connectivity index (χ3v) is 3.47. The Hall–Kier alpha value is -1.79. The van der Waals surface area contributed by atoms with Crippen molar-refractivity contribution in [3.05, 3.63) is 18.0 Å². The zero-order chi connectivity index (χ0) is 14.7. The molecule has 1 aromatic heterocycles. The van der Waals surface area contributed by atoms with E-state index in [4.69, 9.17) is 9.47 Å². The number of imidazole rings is 1. The number of hydrogen-bond donors (Lipinski definition) is 2. The van der Waals surface area contributed by atoms with Crippen LogP contribution in [0.25, 0.3) is 11.0 Å². The van der Waals surface area contributed by atoms with E-state index in [0.29, 0.717) is 13.2 Å². The highest BCUT2D eigenvalue weighted by atomic mass is 16.6. The molecule has 1 aliphatic heterocycles. The van der Waals surface area contributed by atoms with Crippen molar-refractivity contribution < 1.29 is 9.47 Å². The number of benzene rings is 1. The molecule has 0 fully saturated rings. The Labute approximate surface area is 124 Å². The Kier molecular flexibility index (Phi) is 4.26. The summed E-state index contributed by atoms with van der Waals surface area (Å²) in [6.07, 6.45) is 0.883. The number of H-pyrrole nitrogens is 1. The van der Waals surface area contributed by atoms with Crippen LogP contribution in [0.4, 0.5) is 0 Å². The molecule has 0 bridgehead atoms. The van der Waals surface area contributed by atoms with Crippen LogP contribution in [0.3, 0.4) is 0 Å². The lowest BCUT2D eigenvalue weighted by atomic mass is 10.2. The summed E-state index contributed by atoms with van der Waals surface area (Å²) in [5.41, 5.74) is 1.94. The van der Waals surface area contributed by atoms with Crippen LogP contribution < -0.4 is 14.8 Å². The fraction of sp³-hybridized carbons (Fsp3) is 0.533. The maximum Gasteiger partial charge on any atom is 0.163 e. The first-order valence-corrected chi connectivity index (χ1v) is 7.36. The lowest BCUT2D eigenvalue weighted by molar-refractivity contribution is 0.172. The Morgan fingerprint density at radius 3 is 2.71 bits per heavy atom. The van der Waals surface area contributed by atoms with Gasteiger partial charge in [0.05, 0.1) is 11.0 Å². The summed E-state index contributed by atoms with van der Waals surface area (Å²) in [4.78, 5) is 10.1.